The van der Waals surface area contributed by atoms with Gasteiger partial charge in [-0.3, -0.25) is 9.10 Å². The number of ether oxygens (including phenoxy) is 1. The second-order valence-electron chi connectivity index (χ2n) is 8.48. The number of fused-ring (bicyclic) bond motifs is 4. The Balaban J connectivity index is 1.51. The Morgan fingerprint density at radius 3 is 2.65 bits per heavy atom. The molecule has 9 heteroatoms. The van der Waals surface area contributed by atoms with E-state index < -0.39 is 28.4 Å². The maximum absolute atomic E-state index is 13.5. The number of methoxy groups -OCH3 is 1. The van der Waals surface area contributed by atoms with E-state index in [-0.39, 0.29) is 4.90 Å². The van der Waals surface area contributed by atoms with Gasteiger partial charge in [-0.25, -0.2) is 13.2 Å². The van der Waals surface area contributed by atoms with Crippen LogP contribution in [-0.2, 0) is 32.4 Å². The third kappa shape index (κ3) is 3.69. The van der Waals surface area contributed by atoms with E-state index >= 15 is 0 Å². The quantitative estimate of drug-likeness (QED) is 0.536. The Morgan fingerprint density at radius 1 is 1.09 bits per heavy atom. The van der Waals surface area contributed by atoms with Crippen molar-refractivity contribution in [2.75, 3.05) is 23.3 Å². The summed E-state index contributed by atoms with van der Waals surface area (Å²) in [4.78, 5) is 26.9. The number of anilines is 2. The summed E-state index contributed by atoms with van der Waals surface area (Å²) in [5, 5.41) is 3.23. The summed E-state index contributed by atoms with van der Waals surface area (Å²) < 4.78 is 33.1. The van der Waals surface area contributed by atoms with Crippen LogP contribution in [0.15, 0.2) is 47.4 Å². The van der Waals surface area contributed by atoms with Gasteiger partial charge in [0.15, 0.2) is 0 Å². The fourth-order valence-corrected chi connectivity index (χ4v) is 7.63. The highest BCUT2D eigenvalue weighted by Gasteiger charge is 2.36. The molecule has 1 aromatic heterocycles. The molecule has 0 atom stereocenters. The summed E-state index contributed by atoms with van der Waals surface area (Å²) in [6, 6.07) is 12.3. The summed E-state index contributed by atoms with van der Waals surface area (Å²) in [7, 11) is -2.63. The van der Waals surface area contributed by atoms with E-state index in [1.54, 1.807) is 30.3 Å². The standard InChI is InChI=1S/C25H24N2O5S2/c1-15-11-12-19-18(13-15)16-7-4-6-10-21(16)34(30,31)27(19)14-22(28)26-24-23(25(29)32-2)17-8-3-5-9-20(17)33-24/h4,6-7,10-13H,3,5,8-9,14H2,1-2H3,(H,26,28). The molecule has 5 rings (SSSR count). The largest absolute Gasteiger partial charge is 0.465 e. The minimum Gasteiger partial charge on any atom is -0.465 e. The van der Waals surface area contributed by atoms with Crippen LogP contribution >= 0.6 is 11.3 Å². The van der Waals surface area contributed by atoms with Crippen molar-refractivity contribution in [1.82, 2.24) is 0 Å². The van der Waals surface area contributed by atoms with Crippen LogP contribution in [0.2, 0.25) is 0 Å². The van der Waals surface area contributed by atoms with Crippen molar-refractivity contribution in [3.63, 3.8) is 0 Å². The average Bonchev–Trinajstić information content (AvgIpc) is 3.19. The number of carbonyl (C=O) groups excluding carboxylic acids is 2. The molecular formula is C25H24N2O5S2. The predicted molar refractivity (Wildman–Crippen MR) is 132 cm³/mol. The predicted octanol–water partition coefficient (Wildman–Crippen LogP) is 4.54. The first-order chi connectivity index (χ1) is 16.3. The van der Waals surface area contributed by atoms with Gasteiger partial charge in [-0.2, -0.15) is 0 Å². The number of sulfonamides is 1. The molecule has 3 aromatic rings. The number of rotatable bonds is 4. The highest BCUT2D eigenvalue weighted by Crippen LogP contribution is 2.43. The van der Waals surface area contributed by atoms with Gasteiger partial charge in [0.1, 0.15) is 11.5 Å². The maximum atomic E-state index is 13.5. The molecule has 0 saturated carbocycles. The smallest absolute Gasteiger partial charge is 0.341 e. The van der Waals surface area contributed by atoms with Crippen LogP contribution in [0.3, 0.4) is 0 Å². The van der Waals surface area contributed by atoms with E-state index in [4.69, 9.17) is 4.74 Å². The lowest BCUT2D eigenvalue weighted by atomic mass is 9.95. The minimum atomic E-state index is -3.95. The van der Waals surface area contributed by atoms with Gasteiger partial charge in [-0.15, -0.1) is 11.3 Å². The van der Waals surface area contributed by atoms with Crippen molar-refractivity contribution < 1.29 is 22.7 Å². The van der Waals surface area contributed by atoms with Crippen LogP contribution in [0.1, 0.15) is 39.2 Å². The van der Waals surface area contributed by atoms with Crippen LogP contribution in [0.25, 0.3) is 11.1 Å². The lowest BCUT2D eigenvalue weighted by Crippen LogP contribution is -2.40. The average molecular weight is 497 g/mol. The normalized spacial score (nSPS) is 15.6. The number of thiophene rings is 1. The number of nitrogens with zero attached hydrogens (tertiary/aromatic N) is 1. The Hall–Kier alpha value is -3.17. The van der Waals surface area contributed by atoms with Crippen LogP contribution in [0.5, 0.6) is 0 Å². The van der Waals surface area contributed by atoms with Crippen LogP contribution in [0.4, 0.5) is 10.7 Å². The summed E-state index contributed by atoms with van der Waals surface area (Å²) in [5.74, 6) is -1.01. The zero-order chi connectivity index (χ0) is 24.0. The number of amides is 1. The Bertz CT molecular complexity index is 1430. The Kier molecular flexibility index (Phi) is 5.69. The molecule has 0 spiro atoms. The third-order valence-electron chi connectivity index (χ3n) is 6.27. The molecule has 1 N–H and O–H groups in total. The van der Waals surface area contributed by atoms with Crippen molar-refractivity contribution in [3.05, 3.63) is 64.0 Å². The second kappa shape index (κ2) is 8.56. The number of aryl methyl sites for hydroxylation is 2. The summed E-state index contributed by atoms with van der Waals surface area (Å²) in [5.41, 5.74) is 4.15. The molecule has 2 heterocycles. The van der Waals surface area contributed by atoms with Crippen molar-refractivity contribution in [3.8, 4) is 11.1 Å². The molecule has 34 heavy (non-hydrogen) atoms. The fraction of sp³-hybridized carbons (Fsp3) is 0.280. The van der Waals surface area contributed by atoms with Crippen molar-refractivity contribution in [2.45, 2.75) is 37.5 Å². The number of esters is 1. The van der Waals surface area contributed by atoms with Crippen LogP contribution in [0, 0.1) is 6.92 Å². The molecule has 0 unspecified atom stereocenters. The number of carbonyl (C=O) groups is 2. The molecule has 0 saturated heterocycles. The molecule has 0 fully saturated rings. The van der Waals surface area contributed by atoms with Gasteiger partial charge >= 0.3 is 5.97 Å². The number of benzene rings is 2. The van der Waals surface area contributed by atoms with Crippen molar-refractivity contribution in [1.29, 1.82) is 0 Å². The Morgan fingerprint density at radius 2 is 1.85 bits per heavy atom. The second-order valence-corrected chi connectivity index (χ2v) is 11.4. The zero-order valence-corrected chi connectivity index (χ0v) is 20.5. The number of hydrogen-bond donors (Lipinski definition) is 1. The maximum Gasteiger partial charge on any atom is 0.341 e. The topological polar surface area (TPSA) is 92.8 Å². The molecule has 1 aliphatic carbocycles. The third-order valence-corrected chi connectivity index (χ3v) is 9.29. The molecule has 0 radical (unpaired) electrons. The van der Waals surface area contributed by atoms with Gasteiger partial charge in [0, 0.05) is 16.0 Å². The van der Waals surface area contributed by atoms with Gasteiger partial charge in [-0.1, -0.05) is 29.8 Å². The monoisotopic (exact) mass is 496 g/mol. The molecule has 2 aliphatic rings. The molecule has 176 valence electrons. The summed E-state index contributed by atoms with van der Waals surface area (Å²) in [6.07, 6.45) is 3.62. The molecule has 1 aliphatic heterocycles. The van der Waals surface area contributed by atoms with E-state index in [0.717, 1.165) is 51.6 Å². The lowest BCUT2D eigenvalue weighted by Gasteiger charge is -2.31. The molecule has 0 bridgehead atoms. The zero-order valence-electron chi connectivity index (χ0n) is 18.9. The van der Waals surface area contributed by atoms with E-state index in [2.05, 4.69) is 5.32 Å². The first-order valence-electron chi connectivity index (χ1n) is 11.1. The SMILES string of the molecule is COC(=O)c1c(NC(=O)CN2c3ccc(C)cc3-c3ccccc3S2(=O)=O)sc2c1CCCC2. The van der Waals surface area contributed by atoms with E-state index in [1.807, 2.05) is 19.1 Å². The van der Waals surface area contributed by atoms with Gasteiger partial charge in [0.05, 0.1) is 23.3 Å². The highest BCUT2D eigenvalue weighted by atomic mass is 32.2. The molecule has 7 nitrogen and oxygen atoms in total. The van der Waals surface area contributed by atoms with Crippen LogP contribution < -0.4 is 9.62 Å². The van der Waals surface area contributed by atoms with Gasteiger partial charge in [0.25, 0.3) is 10.0 Å². The molecule has 2 aromatic carbocycles. The van der Waals surface area contributed by atoms with Gasteiger partial charge < -0.3 is 10.1 Å². The number of nitrogens with one attached hydrogen (secondary N) is 1. The van der Waals surface area contributed by atoms with Gasteiger partial charge in [-0.05, 0) is 56.4 Å². The minimum absolute atomic E-state index is 0.169. The molecule has 1 amide bonds. The van der Waals surface area contributed by atoms with Crippen molar-refractivity contribution >= 4 is 43.9 Å². The highest BCUT2D eigenvalue weighted by molar-refractivity contribution is 7.93. The molecular weight excluding hydrogens is 472 g/mol. The summed E-state index contributed by atoms with van der Waals surface area (Å²) >= 11 is 1.37. The first-order valence-corrected chi connectivity index (χ1v) is 13.3. The van der Waals surface area contributed by atoms with Crippen LogP contribution in [-0.4, -0.2) is 33.9 Å². The summed E-state index contributed by atoms with van der Waals surface area (Å²) in [6.45, 7) is 1.53. The fourth-order valence-electron chi connectivity index (χ4n) is 4.68. The Labute approximate surface area is 202 Å². The van der Waals surface area contributed by atoms with Crippen molar-refractivity contribution in [2.24, 2.45) is 0 Å². The van der Waals surface area contributed by atoms with E-state index in [9.17, 15) is 18.0 Å². The van der Waals surface area contributed by atoms with E-state index in [1.165, 1.54) is 18.4 Å². The lowest BCUT2D eigenvalue weighted by molar-refractivity contribution is -0.114. The van der Waals surface area contributed by atoms with Gasteiger partial charge in [0.2, 0.25) is 5.91 Å². The number of hydrogen-bond acceptors (Lipinski definition) is 6. The van der Waals surface area contributed by atoms with E-state index in [0.29, 0.717) is 21.8 Å². The first kappa shape index (κ1) is 22.6.